The number of anilines is 2. The van der Waals surface area contributed by atoms with Crippen LogP contribution in [0.1, 0.15) is 15.9 Å². The Hall–Kier alpha value is -4.27. The number of nitrogens with zero attached hydrogens (tertiary/aromatic N) is 5. The average molecular weight is 533 g/mol. The Morgan fingerprint density at radius 1 is 0.846 bits per heavy atom. The van der Waals surface area contributed by atoms with Gasteiger partial charge in [0.25, 0.3) is 5.91 Å². The van der Waals surface area contributed by atoms with Crippen molar-refractivity contribution in [3.63, 3.8) is 0 Å². The topological polar surface area (TPSA) is 74.2 Å². The zero-order valence-corrected chi connectivity index (χ0v) is 22.3. The molecule has 0 bridgehead atoms. The zero-order valence-electron chi connectivity index (χ0n) is 21.4. The molecule has 1 aliphatic heterocycles. The van der Waals surface area contributed by atoms with Gasteiger partial charge in [0.2, 0.25) is 0 Å². The average Bonchev–Trinajstić information content (AvgIpc) is 2.98. The van der Waals surface area contributed by atoms with Gasteiger partial charge in [-0.1, -0.05) is 30.3 Å². The molecule has 39 heavy (non-hydrogen) atoms. The Bertz CT molecular complexity index is 1600. The number of carbonyl (C=O) groups excluding carboxylic acids is 1. The smallest absolute Gasteiger partial charge is 0.255 e. The third kappa shape index (κ3) is 5.92. The minimum absolute atomic E-state index is 0.162. The number of pyridine rings is 1. The van der Waals surface area contributed by atoms with Gasteiger partial charge in [0.1, 0.15) is 5.82 Å². The molecule has 0 unspecified atom stereocenters. The molecule has 0 radical (unpaired) electrons. The predicted octanol–water partition coefficient (Wildman–Crippen LogP) is 5.56. The summed E-state index contributed by atoms with van der Waals surface area (Å²) < 4.78 is 0. The van der Waals surface area contributed by atoms with Gasteiger partial charge in [-0.25, -0.2) is 4.98 Å². The van der Waals surface area contributed by atoms with E-state index < -0.39 is 0 Å². The fourth-order valence-electron chi connectivity index (χ4n) is 4.81. The van der Waals surface area contributed by atoms with Crippen molar-refractivity contribution in [3.05, 3.63) is 109 Å². The normalized spacial score (nSPS) is 13.9. The van der Waals surface area contributed by atoms with Crippen LogP contribution in [0, 0.1) is 0 Å². The second-order valence-corrected chi connectivity index (χ2v) is 10.2. The quantitative estimate of drug-likeness (QED) is 0.279. The fourth-order valence-corrected chi connectivity index (χ4v) is 5.04. The SMILES string of the molecule is O=C(Nc1ccc(-c2ccc3ncc(N4CCN(Cc5cccnc5)CC4)nc3c2)cc1)c1cccc(S)c1. The first kappa shape index (κ1) is 25.0. The van der Waals surface area contributed by atoms with Crippen molar-refractivity contribution < 1.29 is 4.79 Å². The molecule has 0 saturated carbocycles. The van der Waals surface area contributed by atoms with E-state index in [-0.39, 0.29) is 5.91 Å². The molecule has 194 valence electrons. The maximum Gasteiger partial charge on any atom is 0.255 e. The van der Waals surface area contributed by atoms with Crippen LogP contribution in [0.5, 0.6) is 0 Å². The Morgan fingerprint density at radius 3 is 2.44 bits per heavy atom. The summed E-state index contributed by atoms with van der Waals surface area (Å²) in [7, 11) is 0. The zero-order chi connectivity index (χ0) is 26.6. The Labute approximate surface area is 233 Å². The molecule has 1 aliphatic rings. The van der Waals surface area contributed by atoms with Crippen LogP contribution in [0.3, 0.4) is 0 Å². The first-order valence-electron chi connectivity index (χ1n) is 12.9. The highest BCUT2D eigenvalue weighted by Crippen LogP contribution is 2.26. The molecule has 7 nitrogen and oxygen atoms in total. The number of thiol groups is 1. The molecule has 1 amide bonds. The second kappa shape index (κ2) is 11.2. The minimum Gasteiger partial charge on any atom is -0.353 e. The van der Waals surface area contributed by atoms with Crippen molar-refractivity contribution >= 4 is 41.1 Å². The number of hydrogen-bond donors (Lipinski definition) is 2. The summed E-state index contributed by atoms with van der Waals surface area (Å²) in [4.78, 5) is 31.9. The molecule has 5 aromatic rings. The first-order valence-corrected chi connectivity index (χ1v) is 13.4. The maximum atomic E-state index is 12.6. The van der Waals surface area contributed by atoms with E-state index in [1.54, 1.807) is 12.1 Å². The Kier molecular flexibility index (Phi) is 7.21. The van der Waals surface area contributed by atoms with Crippen LogP contribution < -0.4 is 10.2 Å². The van der Waals surface area contributed by atoms with E-state index in [2.05, 4.69) is 55.9 Å². The molecule has 2 aromatic heterocycles. The van der Waals surface area contributed by atoms with E-state index in [9.17, 15) is 4.79 Å². The molecule has 0 spiro atoms. The van der Waals surface area contributed by atoms with Crippen LogP contribution >= 0.6 is 12.6 Å². The van der Waals surface area contributed by atoms with Crippen LogP contribution in [-0.4, -0.2) is 51.9 Å². The van der Waals surface area contributed by atoms with Crippen LogP contribution in [0.2, 0.25) is 0 Å². The van der Waals surface area contributed by atoms with E-state index >= 15 is 0 Å². The number of fused-ring (bicyclic) bond motifs is 1. The molecule has 0 aliphatic carbocycles. The van der Waals surface area contributed by atoms with Gasteiger partial charge in [-0.2, -0.15) is 0 Å². The Balaban J connectivity index is 1.13. The van der Waals surface area contributed by atoms with Gasteiger partial charge >= 0.3 is 0 Å². The lowest BCUT2D eigenvalue weighted by Gasteiger charge is -2.35. The summed E-state index contributed by atoms with van der Waals surface area (Å²) >= 11 is 4.31. The highest BCUT2D eigenvalue weighted by Gasteiger charge is 2.19. The summed E-state index contributed by atoms with van der Waals surface area (Å²) in [6.45, 7) is 4.67. The molecular formula is C31H28N6OS. The second-order valence-electron chi connectivity index (χ2n) is 9.64. The number of carbonyl (C=O) groups is 1. The molecule has 1 saturated heterocycles. The van der Waals surface area contributed by atoms with Crippen LogP contribution in [0.25, 0.3) is 22.2 Å². The maximum absolute atomic E-state index is 12.6. The van der Waals surface area contributed by atoms with Crippen molar-refractivity contribution in [1.29, 1.82) is 0 Å². The van der Waals surface area contributed by atoms with Crippen LogP contribution in [0.4, 0.5) is 11.5 Å². The first-order chi connectivity index (χ1) is 19.1. The lowest BCUT2D eigenvalue weighted by molar-refractivity contribution is 0.102. The molecule has 1 N–H and O–H groups in total. The summed E-state index contributed by atoms with van der Waals surface area (Å²) in [5, 5.41) is 2.95. The monoisotopic (exact) mass is 532 g/mol. The molecule has 6 rings (SSSR count). The van der Waals surface area contributed by atoms with Crippen molar-refractivity contribution in [2.45, 2.75) is 11.4 Å². The summed E-state index contributed by atoms with van der Waals surface area (Å²) in [5.41, 5.74) is 6.38. The molecule has 3 heterocycles. The number of nitrogens with one attached hydrogen (secondary N) is 1. The van der Waals surface area contributed by atoms with Crippen molar-refractivity contribution in [2.24, 2.45) is 0 Å². The molecule has 3 aromatic carbocycles. The summed E-state index contributed by atoms with van der Waals surface area (Å²) in [5.74, 6) is 0.745. The van der Waals surface area contributed by atoms with Gasteiger partial charge in [-0.05, 0) is 65.2 Å². The lowest BCUT2D eigenvalue weighted by Crippen LogP contribution is -2.46. The van der Waals surface area contributed by atoms with E-state index in [4.69, 9.17) is 4.98 Å². The highest BCUT2D eigenvalue weighted by atomic mass is 32.1. The largest absolute Gasteiger partial charge is 0.353 e. The van der Waals surface area contributed by atoms with Gasteiger partial charge < -0.3 is 10.2 Å². The van der Waals surface area contributed by atoms with Crippen molar-refractivity contribution in [1.82, 2.24) is 19.9 Å². The number of piperazine rings is 1. The number of hydrogen-bond acceptors (Lipinski definition) is 7. The third-order valence-electron chi connectivity index (χ3n) is 6.94. The van der Waals surface area contributed by atoms with Crippen LogP contribution in [-0.2, 0) is 6.54 Å². The molecule has 8 heteroatoms. The third-order valence-corrected chi connectivity index (χ3v) is 7.22. The van der Waals surface area contributed by atoms with Crippen molar-refractivity contribution in [2.75, 3.05) is 36.4 Å². The van der Waals surface area contributed by atoms with Gasteiger partial charge in [0.15, 0.2) is 0 Å². The highest BCUT2D eigenvalue weighted by molar-refractivity contribution is 7.80. The van der Waals surface area contributed by atoms with E-state index in [0.717, 1.165) is 71.3 Å². The minimum atomic E-state index is -0.162. The lowest BCUT2D eigenvalue weighted by atomic mass is 10.0. The van der Waals surface area contributed by atoms with Crippen molar-refractivity contribution in [3.8, 4) is 11.1 Å². The Morgan fingerprint density at radius 2 is 1.67 bits per heavy atom. The van der Waals surface area contributed by atoms with Gasteiger partial charge in [0, 0.05) is 61.3 Å². The number of rotatable bonds is 6. The van der Waals surface area contributed by atoms with E-state index in [0.29, 0.717) is 5.56 Å². The van der Waals surface area contributed by atoms with Crippen LogP contribution in [0.15, 0.2) is 102 Å². The number of amides is 1. The summed E-state index contributed by atoms with van der Waals surface area (Å²) in [6.07, 6.45) is 5.62. The number of aromatic nitrogens is 3. The predicted molar refractivity (Wildman–Crippen MR) is 158 cm³/mol. The fraction of sp³-hybridized carbons (Fsp3) is 0.161. The van der Waals surface area contributed by atoms with Gasteiger partial charge in [-0.15, -0.1) is 12.6 Å². The van der Waals surface area contributed by atoms with Gasteiger partial charge in [0.05, 0.1) is 17.2 Å². The number of benzene rings is 3. The molecular weight excluding hydrogens is 504 g/mol. The molecule has 0 atom stereocenters. The van der Waals surface area contributed by atoms with E-state index in [1.165, 1.54) is 5.56 Å². The standard InChI is InChI=1S/C31H28N6OS/c38-31(25-4-1-5-27(39)17-25)34-26-9-6-23(7-10-26)24-8-11-28-29(18-24)35-30(20-33-28)37-15-13-36(14-16-37)21-22-3-2-12-32-19-22/h1-12,17-20,39H,13-16,21H2,(H,34,38). The van der Waals surface area contributed by atoms with Gasteiger partial charge in [-0.3, -0.25) is 19.7 Å². The summed E-state index contributed by atoms with van der Waals surface area (Å²) in [6, 6.07) is 25.3. The van der Waals surface area contributed by atoms with E-state index in [1.807, 2.05) is 67.1 Å². The molecule has 1 fully saturated rings.